The number of hydrogen-bond donors (Lipinski definition) is 0. The Bertz CT molecular complexity index is 73.3. The maximum Gasteiger partial charge on any atom is 0.0640 e. The van der Waals surface area contributed by atoms with Gasteiger partial charge in [-0.2, -0.15) is 0 Å². The van der Waals surface area contributed by atoms with Crippen molar-refractivity contribution < 1.29 is 0 Å². The molecule has 1 nitrogen and oxygen atoms in total. The summed E-state index contributed by atoms with van der Waals surface area (Å²) in [6.07, 6.45) is 2.50. The van der Waals surface area contributed by atoms with Crippen LogP contribution in [0.25, 0.3) is 0 Å². The molecule has 0 atom stereocenters. The molecule has 0 bridgehead atoms. The van der Waals surface area contributed by atoms with Crippen molar-refractivity contribution in [2.75, 3.05) is 13.1 Å². The lowest BCUT2D eigenvalue weighted by Gasteiger charge is -2.14. The first kappa shape index (κ1) is 8.89. The first-order valence-electron chi connectivity index (χ1n) is 3.54. The summed E-state index contributed by atoms with van der Waals surface area (Å²) in [6, 6.07) is 0. The maximum atomic E-state index is 4.79. The van der Waals surface area contributed by atoms with Gasteiger partial charge in [0.1, 0.15) is 0 Å². The Morgan fingerprint density at radius 1 is 1.44 bits per heavy atom. The third kappa shape index (κ3) is 4.40. The van der Waals surface area contributed by atoms with Crippen LogP contribution in [0.3, 0.4) is 0 Å². The van der Waals surface area contributed by atoms with Gasteiger partial charge < -0.3 is 4.90 Å². The molecule has 0 radical (unpaired) electrons. The highest BCUT2D eigenvalue weighted by Crippen LogP contribution is 1.90. The highest BCUT2D eigenvalue weighted by atomic mass is 32.1. The molecule has 0 rings (SSSR count). The normalized spacial score (nSPS) is 9.11. The molecule has 0 heterocycles. The van der Waals surface area contributed by atoms with Crippen LogP contribution >= 0.6 is 12.2 Å². The summed E-state index contributed by atoms with van der Waals surface area (Å²) in [7, 11) is 0. The van der Waals surface area contributed by atoms with Crippen molar-refractivity contribution in [2.24, 2.45) is 0 Å². The van der Waals surface area contributed by atoms with Gasteiger partial charge in [0.25, 0.3) is 0 Å². The summed E-state index contributed by atoms with van der Waals surface area (Å²) in [5, 5.41) is 0. The molecule has 0 saturated heterocycles. The molecule has 0 unspecified atom stereocenters. The van der Waals surface area contributed by atoms with Gasteiger partial charge in [-0.15, -0.1) is 0 Å². The molecular weight excluding hydrogens is 130 g/mol. The lowest BCUT2D eigenvalue weighted by molar-refractivity contribution is 0.446. The SMILES string of the molecule is CCCCN(C=S)CC. The Morgan fingerprint density at radius 3 is 2.44 bits per heavy atom. The van der Waals surface area contributed by atoms with Crippen LogP contribution in [-0.4, -0.2) is 23.5 Å². The summed E-state index contributed by atoms with van der Waals surface area (Å²) in [6.45, 7) is 6.48. The van der Waals surface area contributed by atoms with E-state index in [1.54, 1.807) is 5.49 Å². The van der Waals surface area contributed by atoms with Crippen LogP contribution in [0.15, 0.2) is 0 Å². The van der Waals surface area contributed by atoms with E-state index in [0.29, 0.717) is 0 Å². The molecule has 0 N–H and O–H groups in total. The molecule has 9 heavy (non-hydrogen) atoms. The third-order valence-corrected chi connectivity index (χ3v) is 1.65. The van der Waals surface area contributed by atoms with Gasteiger partial charge >= 0.3 is 0 Å². The lowest BCUT2D eigenvalue weighted by Crippen LogP contribution is -2.21. The standard InChI is InChI=1S/C7H15NS/c1-3-5-6-8(4-2)7-9/h7H,3-6H2,1-2H3. The van der Waals surface area contributed by atoms with Crippen molar-refractivity contribution in [3.8, 4) is 0 Å². The minimum atomic E-state index is 1.05. The second-order valence-corrected chi connectivity index (χ2v) is 2.30. The van der Waals surface area contributed by atoms with E-state index in [1.807, 2.05) is 0 Å². The second-order valence-electron chi connectivity index (χ2n) is 2.09. The molecule has 0 aromatic carbocycles. The van der Waals surface area contributed by atoms with E-state index in [0.717, 1.165) is 13.1 Å². The average Bonchev–Trinajstić information content (AvgIpc) is 1.91. The molecule has 2 heteroatoms. The highest BCUT2D eigenvalue weighted by molar-refractivity contribution is 7.78. The van der Waals surface area contributed by atoms with E-state index in [9.17, 15) is 0 Å². The zero-order valence-corrected chi connectivity index (χ0v) is 7.08. The molecular formula is C7H15NS. The smallest absolute Gasteiger partial charge is 0.0640 e. The van der Waals surface area contributed by atoms with Gasteiger partial charge in [0.05, 0.1) is 5.49 Å². The number of unbranched alkanes of at least 4 members (excludes halogenated alkanes) is 1. The molecule has 0 aliphatic heterocycles. The first-order valence-corrected chi connectivity index (χ1v) is 4.01. The predicted octanol–water partition coefficient (Wildman–Crippen LogP) is 2.07. The fraction of sp³-hybridized carbons (Fsp3) is 0.857. The summed E-state index contributed by atoms with van der Waals surface area (Å²) >= 11 is 4.79. The van der Waals surface area contributed by atoms with Gasteiger partial charge in [0.15, 0.2) is 0 Å². The number of nitrogens with zero attached hydrogens (tertiary/aromatic N) is 1. The largest absolute Gasteiger partial charge is 0.369 e. The predicted molar refractivity (Wildman–Crippen MR) is 45.8 cm³/mol. The average molecular weight is 145 g/mol. The zero-order valence-electron chi connectivity index (χ0n) is 6.26. The Balaban J connectivity index is 3.20. The quantitative estimate of drug-likeness (QED) is 0.545. The molecule has 0 amide bonds. The van der Waals surface area contributed by atoms with E-state index in [1.165, 1.54) is 12.8 Å². The van der Waals surface area contributed by atoms with E-state index in [-0.39, 0.29) is 0 Å². The van der Waals surface area contributed by atoms with E-state index < -0.39 is 0 Å². The van der Waals surface area contributed by atoms with Crippen LogP contribution in [0.5, 0.6) is 0 Å². The van der Waals surface area contributed by atoms with Gasteiger partial charge in [0.2, 0.25) is 0 Å². The number of hydrogen-bond acceptors (Lipinski definition) is 1. The second kappa shape index (κ2) is 6.02. The van der Waals surface area contributed by atoms with Crippen molar-refractivity contribution in [1.29, 1.82) is 0 Å². The molecule has 0 aliphatic rings. The fourth-order valence-electron chi connectivity index (χ4n) is 0.647. The molecule has 54 valence electrons. The van der Waals surface area contributed by atoms with Crippen molar-refractivity contribution in [3.63, 3.8) is 0 Å². The topological polar surface area (TPSA) is 3.24 Å². The van der Waals surface area contributed by atoms with Crippen LogP contribution < -0.4 is 0 Å². The number of rotatable bonds is 5. The van der Waals surface area contributed by atoms with Gasteiger partial charge in [-0.25, -0.2) is 0 Å². The molecule has 0 fully saturated rings. The molecule has 0 aliphatic carbocycles. The molecule has 0 spiro atoms. The highest BCUT2D eigenvalue weighted by Gasteiger charge is 1.91. The van der Waals surface area contributed by atoms with Crippen LogP contribution in [0.4, 0.5) is 0 Å². The monoisotopic (exact) mass is 145 g/mol. The summed E-state index contributed by atoms with van der Waals surface area (Å²) < 4.78 is 0. The maximum absolute atomic E-state index is 4.79. The van der Waals surface area contributed by atoms with Crippen LogP contribution in [-0.2, 0) is 0 Å². The van der Waals surface area contributed by atoms with Gasteiger partial charge in [-0.3, -0.25) is 0 Å². The lowest BCUT2D eigenvalue weighted by atomic mass is 10.3. The Labute approximate surface area is 63.0 Å². The Hall–Kier alpha value is -0.110. The Kier molecular flexibility index (Phi) is 5.94. The Morgan fingerprint density at radius 2 is 2.11 bits per heavy atom. The first-order chi connectivity index (χ1) is 4.35. The zero-order chi connectivity index (χ0) is 7.11. The molecule has 0 aromatic rings. The van der Waals surface area contributed by atoms with Gasteiger partial charge in [0, 0.05) is 13.1 Å². The van der Waals surface area contributed by atoms with E-state index in [4.69, 9.17) is 12.2 Å². The van der Waals surface area contributed by atoms with Crippen molar-refractivity contribution >= 4 is 17.7 Å². The van der Waals surface area contributed by atoms with Crippen LogP contribution in [0.2, 0.25) is 0 Å². The molecule has 0 aromatic heterocycles. The van der Waals surface area contributed by atoms with Crippen molar-refractivity contribution in [3.05, 3.63) is 0 Å². The van der Waals surface area contributed by atoms with Crippen molar-refractivity contribution in [2.45, 2.75) is 26.7 Å². The van der Waals surface area contributed by atoms with Gasteiger partial charge in [-0.05, 0) is 13.3 Å². The van der Waals surface area contributed by atoms with Crippen LogP contribution in [0, 0.1) is 0 Å². The number of thiocarbonyl (C=S) groups is 1. The van der Waals surface area contributed by atoms with Gasteiger partial charge in [-0.1, -0.05) is 25.6 Å². The van der Waals surface area contributed by atoms with E-state index in [2.05, 4.69) is 18.7 Å². The summed E-state index contributed by atoms with van der Waals surface area (Å²) in [5.41, 5.74) is 1.75. The third-order valence-electron chi connectivity index (χ3n) is 1.35. The van der Waals surface area contributed by atoms with E-state index >= 15 is 0 Å². The summed E-state index contributed by atoms with van der Waals surface area (Å²) in [4.78, 5) is 2.15. The van der Waals surface area contributed by atoms with Crippen molar-refractivity contribution in [1.82, 2.24) is 4.90 Å². The minimum Gasteiger partial charge on any atom is -0.369 e. The fourth-order valence-corrected chi connectivity index (χ4v) is 0.901. The van der Waals surface area contributed by atoms with Crippen LogP contribution in [0.1, 0.15) is 26.7 Å². The summed E-state index contributed by atoms with van der Waals surface area (Å²) in [5.74, 6) is 0. The molecule has 0 saturated carbocycles. The minimum absolute atomic E-state index is 1.05.